The van der Waals surface area contributed by atoms with Gasteiger partial charge in [0.15, 0.2) is 0 Å². The smallest absolute Gasteiger partial charge is 0.243 e. The van der Waals surface area contributed by atoms with E-state index in [-0.39, 0.29) is 24.3 Å². The maximum Gasteiger partial charge on any atom is 0.243 e. The number of anilines is 4. The van der Waals surface area contributed by atoms with Crippen LogP contribution in [0.15, 0.2) is 42.5 Å². The minimum Gasteiger partial charge on any atom is -0.376 e. The fraction of sp³-hybridized carbons (Fsp3) is 0.250. The second-order valence-corrected chi connectivity index (χ2v) is 6.56. The van der Waals surface area contributed by atoms with Crippen LogP contribution in [0.2, 0.25) is 5.02 Å². The Labute approximate surface area is 168 Å². The summed E-state index contributed by atoms with van der Waals surface area (Å²) < 4.78 is 0. The highest BCUT2D eigenvalue weighted by atomic mass is 35.5. The molecule has 4 N–H and O–H groups in total. The molecule has 0 fully saturated rings. The van der Waals surface area contributed by atoms with Gasteiger partial charge in [0.05, 0.1) is 17.3 Å². The second kappa shape index (κ2) is 10.3. The molecule has 2 aromatic carbocycles. The van der Waals surface area contributed by atoms with Crippen molar-refractivity contribution in [3.05, 3.63) is 47.5 Å². The summed E-state index contributed by atoms with van der Waals surface area (Å²) >= 11 is 6.14. The molecule has 0 aliphatic heterocycles. The van der Waals surface area contributed by atoms with Crippen molar-refractivity contribution in [2.24, 2.45) is 0 Å². The minimum absolute atomic E-state index is 0.00623. The fourth-order valence-electron chi connectivity index (χ4n) is 2.44. The van der Waals surface area contributed by atoms with Crippen molar-refractivity contribution in [3.8, 4) is 0 Å². The van der Waals surface area contributed by atoms with E-state index in [1.165, 1.54) is 6.92 Å². The van der Waals surface area contributed by atoms with E-state index in [9.17, 15) is 14.4 Å². The number of benzene rings is 2. The van der Waals surface area contributed by atoms with E-state index in [1.807, 2.05) is 6.92 Å². The number of hydrogen-bond donors (Lipinski definition) is 4. The van der Waals surface area contributed by atoms with E-state index < -0.39 is 0 Å². The van der Waals surface area contributed by atoms with Gasteiger partial charge in [-0.1, -0.05) is 24.6 Å². The van der Waals surface area contributed by atoms with E-state index in [0.29, 0.717) is 34.2 Å². The Kier molecular flexibility index (Phi) is 7.83. The van der Waals surface area contributed by atoms with Crippen molar-refractivity contribution in [2.45, 2.75) is 26.7 Å². The third-order valence-corrected chi connectivity index (χ3v) is 3.97. The Hall–Kier alpha value is -3.06. The Balaban J connectivity index is 1.95. The largest absolute Gasteiger partial charge is 0.376 e. The summed E-state index contributed by atoms with van der Waals surface area (Å²) in [5.74, 6) is -0.567. The van der Waals surface area contributed by atoms with Gasteiger partial charge in [-0.25, -0.2) is 0 Å². The molecule has 0 aliphatic carbocycles. The van der Waals surface area contributed by atoms with Crippen LogP contribution in [-0.2, 0) is 14.4 Å². The highest BCUT2D eigenvalue weighted by Gasteiger charge is 2.09. The quantitative estimate of drug-likeness (QED) is 0.534. The van der Waals surface area contributed by atoms with Crippen molar-refractivity contribution in [3.63, 3.8) is 0 Å². The zero-order chi connectivity index (χ0) is 20.5. The molecule has 0 saturated carbocycles. The predicted octanol–water partition coefficient (Wildman–Crippen LogP) is 4.09. The van der Waals surface area contributed by atoms with Gasteiger partial charge in [-0.05, 0) is 42.8 Å². The molecule has 0 bridgehead atoms. The number of hydrogen-bond acceptors (Lipinski definition) is 4. The lowest BCUT2D eigenvalue weighted by Gasteiger charge is -2.12. The van der Waals surface area contributed by atoms with Gasteiger partial charge >= 0.3 is 0 Å². The van der Waals surface area contributed by atoms with Crippen LogP contribution in [-0.4, -0.2) is 24.3 Å². The summed E-state index contributed by atoms with van der Waals surface area (Å²) in [5, 5.41) is 11.5. The molecule has 8 heteroatoms. The first-order valence-corrected chi connectivity index (χ1v) is 9.26. The van der Waals surface area contributed by atoms with Crippen molar-refractivity contribution in [1.29, 1.82) is 0 Å². The molecule has 148 valence electrons. The molecule has 0 aliphatic rings. The summed E-state index contributed by atoms with van der Waals surface area (Å²) in [7, 11) is 0. The number of amides is 3. The van der Waals surface area contributed by atoms with Crippen molar-refractivity contribution >= 4 is 52.1 Å². The highest BCUT2D eigenvalue weighted by molar-refractivity contribution is 6.33. The van der Waals surface area contributed by atoms with E-state index in [2.05, 4.69) is 21.3 Å². The van der Waals surface area contributed by atoms with Crippen LogP contribution >= 0.6 is 11.6 Å². The number of halogens is 1. The van der Waals surface area contributed by atoms with Gasteiger partial charge in [-0.2, -0.15) is 0 Å². The van der Waals surface area contributed by atoms with Crippen LogP contribution in [0, 0.1) is 0 Å². The lowest BCUT2D eigenvalue weighted by molar-refractivity contribution is -0.116. The molecular weight excluding hydrogens is 380 g/mol. The molecule has 0 spiro atoms. The van der Waals surface area contributed by atoms with Crippen LogP contribution in [0.4, 0.5) is 22.7 Å². The molecule has 0 heterocycles. The van der Waals surface area contributed by atoms with E-state index in [4.69, 9.17) is 11.6 Å². The first-order chi connectivity index (χ1) is 13.4. The molecule has 2 rings (SSSR count). The van der Waals surface area contributed by atoms with Gasteiger partial charge in [-0.3, -0.25) is 14.4 Å². The zero-order valence-corrected chi connectivity index (χ0v) is 16.5. The Morgan fingerprint density at radius 2 is 1.61 bits per heavy atom. The van der Waals surface area contributed by atoms with Crippen molar-refractivity contribution < 1.29 is 14.4 Å². The zero-order valence-electron chi connectivity index (χ0n) is 15.8. The average Bonchev–Trinajstić information content (AvgIpc) is 2.63. The van der Waals surface area contributed by atoms with Gasteiger partial charge in [0, 0.05) is 30.4 Å². The number of carbonyl (C=O) groups excluding carboxylic acids is 3. The molecule has 28 heavy (non-hydrogen) atoms. The third-order valence-electron chi connectivity index (χ3n) is 3.64. The topological polar surface area (TPSA) is 99.3 Å². The second-order valence-electron chi connectivity index (χ2n) is 6.16. The fourth-order valence-corrected chi connectivity index (χ4v) is 2.60. The van der Waals surface area contributed by atoms with Gasteiger partial charge < -0.3 is 21.3 Å². The molecule has 2 aromatic rings. The van der Waals surface area contributed by atoms with E-state index in [1.54, 1.807) is 42.5 Å². The molecule has 0 unspecified atom stereocenters. The number of nitrogens with one attached hydrogen (secondary N) is 4. The molecular formula is C20H23ClN4O3. The van der Waals surface area contributed by atoms with Crippen LogP contribution in [0.5, 0.6) is 0 Å². The maximum absolute atomic E-state index is 12.2. The van der Waals surface area contributed by atoms with Crippen LogP contribution in [0.1, 0.15) is 26.7 Å². The lowest BCUT2D eigenvalue weighted by atomic mass is 10.2. The van der Waals surface area contributed by atoms with Gasteiger partial charge in [-0.15, -0.1) is 0 Å². The maximum atomic E-state index is 12.2. The average molecular weight is 403 g/mol. The van der Waals surface area contributed by atoms with Crippen molar-refractivity contribution in [2.75, 3.05) is 27.8 Å². The first-order valence-electron chi connectivity index (χ1n) is 8.88. The summed E-state index contributed by atoms with van der Waals surface area (Å²) in [4.78, 5) is 35.1. The minimum atomic E-state index is -0.302. The summed E-state index contributed by atoms with van der Waals surface area (Å²) in [6.45, 7) is 3.36. The standard InChI is InChI=1S/C20H23ClN4O3/c1-3-5-19(27)24-16-8-9-17(21)18(11-16)25-20(28)12-22-14-6-4-7-15(10-14)23-13(2)26/h4,6-11,22H,3,5,12H2,1-2H3,(H,23,26)(H,24,27)(H,25,28). The molecule has 0 saturated heterocycles. The normalized spacial score (nSPS) is 10.1. The lowest BCUT2D eigenvalue weighted by Crippen LogP contribution is -2.22. The number of rotatable bonds is 8. The van der Waals surface area contributed by atoms with Gasteiger partial charge in [0.1, 0.15) is 0 Å². The Morgan fingerprint density at radius 1 is 0.893 bits per heavy atom. The Bertz CT molecular complexity index is 870. The monoisotopic (exact) mass is 402 g/mol. The van der Waals surface area contributed by atoms with E-state index >= 15 is 0 Å². The number of carbonyl (C=O) groups is 3. The van der Waals surface area contributed by atoms with Gasteiger partial charge in [0.2, 0.25) is 17.7 Å². The van der Waals surface area contributed by atoms with E-state index in [0.717, 1.165) is 6.42 Å². The first kappa shape index (κ1) is 21.2. The van der Waals surface area contributed by atoms with Crippen LogP contribution in [0.3, 0.4) is 0 Å². The predicted molar refractivity (Wildman–Crippen MR) is 113 cm³/mol. The van der Waals surface area contributed by atoms with Gasteiger partial charge in [0.25, 0.3) is 0 Å². The molecule has 0 atom stereocenters. The summed E-state index contributed by atoms with van der Waals surface area (Å²) in [6, 6.07) is 11.9. The highest BCUT2D eigenvalue weighted by Crippen LogP contribution is 2.25. The van der Waals surface area contributed by atoms with Crippen molar-refractivity contribution in [1.82, 2.24) is 0 Å². The third kappa shape index (κ3) is 6.92. The SMILES string of the molecule is CCCC(=O)Nc1ccc(Cl)c(NC(=O)CNc2cccc(NC(C)=O)c2)c1. The van der Waals surface area contributed by atoms with Crippen LogP contribution in [0.25, 0.3) is 0 Å². The molecule has 3 amide bonds. The molecule has 7 nitrogen and oxygen atoms in total. The summed E-state index contributed by atoms with van der Waals surface area (Å²) in [5.41, 5.74) is 2.30. The molecule has 0 aromatic heterocycles. The summed E-state index contributed by atoms with van der Waals surface area (Å²) in [6.07, 6.45) is 1.17. The molecule has 0 radical (unpaired) electrons. The van der Waals surface area contributed by atoms with Crippen LogP contribution < -0.4 is 21.3 Å². The Morgan fingerprint density at radius 3 is 2.32 bits per heavy atom.